The third-order valence-corrected chi connectivity index (χ3v) is 2.87. The van der Waals surface area contributed by atoms with Gasteiger partial charge in [0.05, 0.1) is 7.11 Å². The molecule has 0 saturated heterocycles. The van der Waals surface area contributed by atoms with E-state index in [1.54, 1.807) is 7.11 Å². The smallest absolute Gasteiger partial charge is 0.120 e. The first kappa shape index (κ1) is 13.0. The van der Waals surface area contributed by atoms with Crippen LogP contribution in [0, 0.1) is 0 Å². The van der Waals surface area contributed by atoms with Crippen LogP contribution in [0.4, 0.5) is 11.4 Å². The lowest BCUT2D eigenvalue weighted by molar-refractivity contribution is 0.415. The Balaban J connectivity index is 2.20. The molecule has 2 rings (SSSR count). The highest BCUT2D eigenvalue weighted by molar-refractivity contribution is 5.69. The Morgan fingerprint density at radius 2 is 1.74 bits per heavy atom. The van der Waals surface area contributed by atoms with Gasteiger partial charge in [-0.25, -0.2) is 0 Å². The molecule has 2 aromatic rings. The van der Waals surface area contributed by atoms with Gasteiger partial charge in [0.15, 0.2) is 0 Å². The number of ether oxygens (including phenoxy) is 1. The molecule has 0 fully saturated rings. The van der Waals surface area contributed by atoms with E-state index in [2.05, 4.69) is 23.3 Å². The van der Waals surface area contributed by atoms with Gasteiger partial charge in [-0.05, 0) is 29.8 Å². The summed E-state index contributed by atoms with van der Waals surface area (Å²) in [7, 11) is 3.53. The normalized spacial score (nSPS) is 9.79. The molecule has 0 aromatic heterocycles. The predicted molar refractivity (Wildman–Crippen MR) is 80.8 cm³/mol. The molecule has 2 aromatic carbocycles. The van der Waals surface area contributed by atoms with E-state index < -0.39 is 0 Å². The number of nitrogens with one attached hydrogen (secondary N) is 2. The summed E-state index contributed by atoms with van der Waals surface area (Å²) in [6.07, 6.45) is 0. The predicted octanol–water partition coefficient (Wildman–Crippen LogP) is 3.63. The van der Waals surface area contributed by atoms with Crippen molar-refractivity contribution in [3.63, 3.8) is 0 Å². The lowest BCUT2D eigenvalue weighted by atomic mass is 10.1. The largest absolute Gasteiger partial charge is 0.497 e. The molecular formula is C16H18N2O. The maximum absolute atomic E-state index is 5.21. The van der Waals surface area contributed by atoms with Crippen molar-refractivity contribution < 1.29 is 4.74 Å². The summed E-state index contributed by atoms with van der Waals surface area (Å²) < 4.78 is 5.21. The SMILES string of the molecule is C=C(NC)c1cccc(Nc2cccc(OC)c2)c1. The summed E-state index contributed by atoms with van der Waals surface area (Å²) in [4.78, 5) is 0. The highest BCUT2D eigenvalue weighted by Gasteiger charge is 2.00. The fourth-order valence-corrected chi connectivity index (χ4v) is 1.80. The number of benzene rings is 2. The maximum Gasteiger partial charge on any atom is 0.120 e. The molecule has 0 spiro atoms. The van der Waals surface area contributed by atoms with Gasteiger partial charge in [-0.15, -0.1) is 0 Å². The second kappa shape index (κ2) is 5.96. The second-order valence-corrected chi connectivity index (χ2v) is 4.17. The van der Waals surface area contributed by atoms with Crippen molar-refractivity contribution in [2.75, 3.05) is 19.5 Å². The average molecular weight is 254 g/mol. The maximum atomic E-state index is 5.21. The van der Waals surface area contributed by atoms with E-state index in [1.165, 1.54) is 0 Å². The summed E-state index contributed by atoms with van der Waals surface area (Å²) in [5.41, 5.74) is 3.97. The van der Waals surface area contributed by atoms with E-state index in [0.717, 1.165) is 28.4 Å². The Morgan fingerprint density at radius 1 is 1.05 bits per heavy atom. The Bertz CT molecular complexity index is 578. The minimum absolute atomic E-state index is 0.834. The van der Waals surface area contributed by atoms with Crippen LogP contribution in [0.2, 0.25) is 0 Å². The van der Waals surface area contributed by atoms with Crippen LogP contribution in [0.1, 0.15) is 5.56 Å². The van der Waals surface area contributed by atoms with Gasteiger partial charge in [-0.1, -0.05) is 24.8 Å². The van der Waals surface area contributed by atoms with E-state index in [4.69, 9.17) is 4.74 Å². The Hall–Kier alpha value is -2.42. The fraction of sp³-hybridized carbons (Fsp3) is 0.125. The van der Waals surface area contributed by atoms with Crippen molar-refractivity contribution in [1.82, 2.24) is 5.32 Å². The van der Waals surface area contributed by atoms with Gasteiger partial charge >= 0.3 is 0 Å². The molecule has 0 unspecified atom stereocenters. The number of hydrogen-bond acceptors (Lipinski definition) is 3. The molecule has 0 saturated carbocycles. The van der Waals surface area contributed by atoms with Crippen molar-refractivity contribution in [3.8, 4) is 5.75 Å². The molecule has 3 nitrogen and oxygen atoms in total. The second-order valence-electron chi connectivity index (χ2n) is 4.17. The first-order chi connectivity index (χ1) is 9.22. The van der Waals surface area contributed by atoms with Gasteiger partial charge in [-0.2, -0.15) is 0 Å². The fourth-order valence-electron chi connectivity index (χ4n) is 1.80. The molecule has 0 aliphatic carbocycles. The first-order valence-corrected chi connectivity index (χ1v) is 6.11. The molecular weight excluding hydrogens is 236 g/mol. The van der Waals surface area contributed by atoms with Gasteiger partial charge in [0.1, 0.15) is 5.75 Å². The van der Waals surface area contributed by atoms with Gasteiger partial charge in [-0.3, -0.25) is 0 Å². The Kier molecular flexibility index (Phi) is 4.08. The molecule has 0 aliphatic rings. The van der Waals surface area contributed by atoms with Crippen molar-refractivity contribution in [3.05, 3.63) is 60.7 Å². The van der Waals surface area contributed by atoms with Gasteiger partial charge in [0.2, 0.25) is 0 Å². The molecule has 0 atom stereocenters. The molecule has 0 amide bonds. The minimum Gasteiger partial charge on any atom is -0.497 e. The Labute approximate surface area is 113 Å². The van der Waals surface area contributed by atoms with E-state index >= 15 is 0 Å². The molecule has 0 aliphatic heterocycles. The van der Waals surface area contributed by atoms with Crippen LogP contribution < -0.4 is 15.4 Å². The molecule has 98 valence electrons. The third-order valence-electron chi connectivity index (χ3n) is 2.87. The molecule has 19 heavy (non-hydrogen) atoms. The van der Waals surface area contributed by atoms with Gasteiger partial charge in [0, 0.05) is 30.2 Å². The van der Waals surface area contributed by atoms with Crippen molar-refractivity contribution in [1.29, 1.82) is 0 Å². The average Bonchev–Trinajstić information content (AvgIpc) is 2.47. The van der Waals surface area contributed by atoms with Crippen molar-refractivity contribution in [2.45, 2.75) is 0 Å². The zero-order valence-corrected chi connectivity index (χ0v) is 11.2. The number of hydrogen-bond donors (Lipinski definition) is 2. The first-order valence-electron chi connectivity index (χ1n) is 6.11. The van der Waals surface area contributed by atoms with Gasteiger partial charge in [0.25, 0.3) is 0 Å². The van der Waals surface area contributed by atoms with Crippen LogP contribution in [0.3, 0.4) is 0 Å². The van der Waals surface area contributed by atoms with E-state index in [9.17, 15) is 0 Å². The molecule has 0 radical (unpaired) electrons. The standard InChI is InChI=1S/C16H18N2O/c1-12(17-2)13-6-4-7-14(10-13)18-15-8-5-9-16(11-15)19-3/h4-11,17-18H,1H2,2-3H3. The quantitative estimate of drug-likeness (QED) is 0.854. The lowest BCUT2D eigenvalue weighted by Gasteiger charge is -2.10. The van der Waals surface area contributed by atoms with Crippen molar-refractivity contribution in [2.24, 2.45) is 0 Å². The number of anilines is 2. The third kappa shape index (κ3) is 3.28. The summed E-state index contributed by atoms with van der Waals surface area (Å²) in [5, 5.41) is 6.40. The van der Waals surface area contributed by atoms with Crippen LogP contribution in [0.25, 0.3) is 5.70 Å². The summed E-state index contributed by atoms with van der Waals surface area (Å²) >= 11 is 0. The van der Waals surface area contributed by atoms with Crippen molar-refractivity contribution >= 4 is 17.1 Å². The lowest BCUT2D eigenvalue weighted by Crippen LogP contribution is -2.03. The molecule has 0 bridgehead atoms. The van der Waals surface area contributed by atoms with Crippen LogP contribution in [0.5, 0.6) is 5.75 Å². The van der Waals surface area contributed by atoms with Gasteiger partial charge < -0.3 is 15.4 Å². The molecule has 0 heterocycles. The highest BCUT2D eigenvalue weighted by Crippen LogP contribution is 2.23. The monoisotopic (exact) mass is 254 g/mol. The van der Waals surface area contributed by atoms with Crippen LogP contribution in [-0.2, 0) is 0 Å². The summed E-state index contributed by atoms with van der Waals surface area (Å²) in [6, 6.07) is 15.9. The molecule has 2 N–H and O–H groups in total. The topological polar surface area (TPSA) is 33.3 Å². The Morgan fingerprint density at radius 3 is 2.42 bits per heavy atom. The van der Waals surface area contributed by atoms with E-state index in [1.807, 2.05) is 49.5 Å². The zero-order chi connectivity index (χ0) is 13.7. The zero-order valence-electron chi connectivity index (χ0n) is 11.2. The van der Waals surface area contributed by atoms with Crippen LogP contribution >= 0.6 is 0 Å². The molecule has 3 heteroatoms. The number of rotatable bonds is 5. The number of methoxy groups -OCH3 is 1. The van der Waals surface area contributed by atoms with Crippen LogP contribution in [-0.4, -0.2) is 14.2 Å². The summed E-state index contributed by atoms with van der Waals surface area (Å²) in [5.74, 6) is 0.834. The van der Waals surface area contributed by atoms with E-state index in [-0.39, 0.29) is 0 Å². The minimum atomic E-state index is 0.834. The van der Waals surface area contributed by atoms with Crippen LogP contribution in [0.15, 0.2) is 55.1 Å². The highest BCUT2D eigenvalue weighted by atomic mass is 16.5. The van der Waals surface area contributed by atoms with E-state index in [0.29, 0.717) is 0 Å². The summed E-state index contributed by atoms with van der Waals surface area (Å²) in [6.45, 7) is 3.96.